The lowest BCUT2D eigenvalue weighted by Crippen LogP contribution is -2.36. The number of carbonyl (C=O) groups excluding carboxylic acids is 1. The lowest BCUT2D eigenvalue weighted by Gasteiger charge is -2.26. The molecule has 2 atom stereocenters. The molecule has 1 fully saturated rings. The fraction of sp³-hybridized carbons (Fsp3) is 0.417. The first-order valence-electron chi connectivity index (χ1n) is 9.76. The first kappa shape index (κ1) is 19.3. The summed E-state index contributed by atoms with van der Waals surface area (Å²) in [7, 11) is 0. The quantitative estimate of drug-likeness (QED) is 0.517. The SMILES string of the molecule is C[C@@H](C1CC1)[C@H](N=C(c1ccccc1)c1ccccc1)C(=O)OC(C)(C)C. The Kier molecular flexibility index (Phi) is 5.79. The van der Waals surface area contributed by atoms with Gasteiger partial charge in [-0.1, -0.05) is 67.6 Å². The first-order valence-corrected chi connectivity index (χ1v) is 9.76. The summed E-state index contributed by atoms with van der Waals surface area (Å²) in [5.41, 5.74) is 2.36. The maximum Gasteiger partial charge on any atom is 0.331 e. The van der Waals surface area contributed by atoms with Crippen molar-refractivity contribution < 1.29 is 9.53 Å². The molecule has 0 N–H and O–H groups in total. The zero-order chi connectivity index (χ0) is 19.4. The highest BCUT2D eigenvalue weighted by Gasteiger charge is 2.39. The van der Waals surface area contributed by atoms with Gasteiger partial charge in [0.15, 0.2) is 6.04 Å². The molecule has 0 amide bonds. The van der Waals surface area contributed by atoms with Crippen LogP contribution in [0.5, 0.6) is 0 Å². The Morgan fingerprint density at radius 3 is 1.85 bits per heavy atom. The minimum atomic E-state index is -0.520. The monoisotopic (exact) mass is 363 g/mol. The van der Waals surface area contributed by atoms with Gasteiger partial charge in [-0.3, -0.25) is 4.99 Å². The van der Waals surface area contributed by atoms with Crippen LogP contribution in [0.3, 0.4) is 0 Å². The largest absolute Gasteiger partial charge is 0.458 e. The van der Waals surface area contributed by atoms with Gasteiger partial charge in [0.25, 0.3) is 0 Å². The summed E-state index contributed by atoms with van der Waals surface area (Å²) < 4.78 is 5.73. The van der Waals surface area contributed by atoms with Gasteiger partial charge in [0.05, 0.1) is 5.71 Å². The number of esters is 1. The van der Waals surface area contributed by atoms with Crippen molar-refractivity contribution in [2.45, 2.75) is 52.2 Å². The molecule has 1 aliphatic carbocycles. The molecule has 3 nitrogen and oxygen atoms in total. The smallest absolute Gasteiger partial charge is 0.331 e. The van der Waals surface area contributed by atoms with Crippen molar-refractivity contribution in [3.8, 4) is 0 Å². The lowest BCUT2D eigenvalue weighted by molar-refractivity contribution is -0.157. The Morgan fingerprint density at radius 1 is 0.963 bits per heavy atom. The Morgan fingerprint density at radius 2 is 1.44 bits per heavy atom. The third-order valence-electron chi connectivity index (χ3n) is 4.87. The number of benzene rings is 2. The normalized spacial score (nSPS) is 16.3. The third kappa shape index (κ3) is 5.29. The van der Waals surface area contributed by atoms with Crippen molar-refractivity contribution >= 4 is 11.7 Å². The van der Waals surface area contributed by atoms with Gasteiger partial charge in [0, 0.05) is 11.1 Å². The van der Waals surface area contributed by atoms with E-state index in [1.54, 1.807) is 0 Å². The summed E-state index contributed by atoms with van der Waals surface area (Å²) >= 11 is 0. The second-order valence-electron chi connectivity index (χ2n) is 8.38. The first-order chi connectivity index (χ1) is 12.8. The van der Waals surface area contributed by atoms with Crippen molar-refractivity contribution in [1.29, 1.82) is 0 Å². The molecule has 3 heteroatoms. The van der Waals surface area contributed by atoms with E-state index in [1.807, 2.05) is 81.4 Å². The average molecular weight is 364 g/mol. The van der Waals surface area contributed by atoms with Crippen molar-refractivity contribution in [1.82, 2.24) is 0 Å². The summed E-state index contributed by atoms with van der Waals surface area (Å²) in [6.45, 7) is 7.84. The predicted molar refractivity (Wildman–Crippen MR) is 110 cm³/mol. The van der Waals surface area contributed by atoms with Crippen LogP contribution < -0.4 is 0 Å². The van der Waals surface area contributed by atoms with Gasteiger partial charge in [0.1, 0.15) is 5.60 Å². The van der Waals surface area contributed by atoms with E-state index in [4.69, 9.17) is 9.73 Å². The molecule has 0 heterocycles. The minimum absolute atomic E-state index is 0.169. The van der Waals surface area contributed by atoms with E-state index in [1.165, 1.54) is 12.8 Å². The van der Waals surface area contributed by atoms with E-state index in [0.717, 1.165) is 16.8 Å². The number of hydrogen-bond donors (Lipinski definition) is 0. The van der Waals surface area contributed by atoms with Crippen LogP contribution in [0.15, 0.2) is 65.7 Å². The predicted octanol–water partition coefficient (Wildman–Crippen LogP) is 5.28. The molecule has 1 saturated carbocycles. The van der Waals surface area contributed by atoms with E-state index < -0.39 is 11.6 Å². The molecule has 0 unspecified atom stereocenters. The lowest BCUT2D eigenvalue weighted by atomic mass is 9.95. The molecule has 142 valence electrons. The Bertz CT molecular complexity index is 745. The van der Waals surface area contributed by atoms with Crippen LogP contribution in [-0.4, -0.2) is 23.3 Å². The molecule has 27 heavy (non-hydrogen) atoms. The van der Waals surface area contributed by atoms with E-state index in [9.17, 15) is 4.79 Å². The fourth-order valence-corrected chi connectivity index (χ4v) is 3.27. The molecule has 0 spiro atoms. The zero-order valence-electron chi connectivity index (χ0n) is 16.7. The molecule has 0 aromatic heterocycles. The van der Waals surface area contributed by atoms with Crippen LogP contribution in [0.25, 0.3) is 0 Å². The highest BCUT2D eigenvalue weighted by molar-refractivity contribution is 6.13. The van der Waals surface area contributed by atoms with Gasteiger partial charge in [0.2, 0.25) is 0 Å². The number of nitrogens with zero attached hydrogens (tertiary/aromatic N) is 1. The van der Waals surface area contributed by atoms with Crippen molar-refractivity contribution in [2.75, 3.05) is 0 Å². The highest BCUT2D eigenvalue weighted by atomic mass is 16.6. The summed E-state index contributed by atoms with van der Waals surface area (Å²) in [4.78, 5) is 18.0. The van der Waals surface area contributed by atoms with Gasteiger partial charge in [-0.15, -0.1) is 0 Å². The molecular weight excluding hydrogens is 334 g/mol. The third-order valence-corrected chi connectivity index (χ3v) is 4.87. The average Bonchev–Trinajstić information content (AvgIpc) is 3.47. The van der Waals surface area contributed by atoms with Crippen molar-refractivity contribution in [3.05, 3.63) is 71.8 Å². The van der Waals surface area contributed by atoms with Gasteiger partial charge in [-0.05, 0) is 45.4 Å². The van der Waals surface area contributed by atoms with Crippen LogP contribution in [0, 0.1) is 11.8 Å². The van der Waals surface area contributed by atoms with E-state index in [2.05, 4.69) is 6.92 Å². The second-order valence-corrected chi connectivity index (χ2v) is 8.38. The Labute approximate surface area is 162 Å². The second kappa shape index (κ2) is 8.08. The number of carbonyl (C=O) groups is 1. The van der Waals surface area contributed by atoms with E-state index in [-0.39, 0.29) is 11.9 Å². The molecule has 0 radical (unpaired) electrons. The maximum atomic E-state index is 13.0. The summed E-state index contributed by atoms with van der Waals surface area (Å²) in [5, 5.41) is 0. The topological polar surface area (TPSA) is 38.7 Å². The summed E-state index contributed by atoms with van der Waals surface area (Å²) in [6.07, 6.45) is 2.34. The van der Waals surface area contributed by atoms with Gasteiger partial charge < -0.3 is 4.74 Å². The molecule has 3 rings (SSSR count). The molecule has 2 aromatic rings. The molecular formula is C24H29NO2. The van der Waals surface area contributed by atoms with Crippen molar-refractivity contribution in [3.63, 3.8) is 0 Å². The van der Waals surface area contributed by atoms with Crippen LogP contribution >= 0.6 is 0 Å². The number of ether oxygens (including phenoxy) is 1. The van der Waals surface area contributed by atoms with Crippen LogP contribution in [-0.2, 0) is 9.53 Å². The fourth-order valence-electron chi connectivity index (χ4n) is 3.27. The standard InChI is InChI=1S/C24H29NO2/c1-17(18-15-16-18)21(23(26)27-24(2,3)4)25-22(19-11-7-5-8-12-19)20-13-9-6-10-14-20/h5-14,17-18,21H,15-16H2,1-4H3/t17-,21-/m0/s1. The highest BCUT2D eigenvalue weighted by Crippen LogP contribution is 2.40. The van der Waals surface area contributed by atoms with Crippen LogP contribution in [0.1, 0.15) is 51.7 Å². The van der Waals surface area contributed by atoms with Gasteiger partial charge in [-0.25, -0.2) is 4.79 Å². The van der Waals surface area contributed by atoms with E-state index in [0.29, 0.717) is 5.92 Å². The molecule has 1 aliphatic rings. The molecule has 2 aromatic carbocycles. The number of hydrogen-bond acceptors (Lipinski definition) is 3. The maximum absolute atomic E-state index is 13.0. The van der Waals surface area contributed by atoms with Crippen LogP contribution in [0.4, 0.5) is 0 Å². The molecule has 0 aliphatic heterocycles. The van der Waals surface area contributed by atoms with E-state index >= 15 is 0 Å². The van der Waals surface area contributed by atoms with Crippen molar-refractivity contribution in [2.24, 2.45) is 16.8 Å². The van der Waals surface area contributed by atoms with Gasteiger partial charge >= 0.3 is 5.97 Å². The number of rotatable bonds is 6. The van der Waals surface area contributed by atoms with Crippen LogP contribution in [0.2, 0.25) is 0 Å². The summed E-state index contributed by atoms with van der Waals surface area (Å²) in [5.74, 6) is 0.493. The summed E-state index contributed by atoms with van der Waals surface area (Å²) in [6, 6.07) is 19.7. The Hall–Kier alpha value is -2.42. The van der Waals surface area contributed by atoms with Gasteiger partial charge in [-0.2, -0.15) is 0 Å². The zero-order valence-corrected chi connectivity index (χ0v) is 16.7. The number of aliphatic imine (C=N–C) groups is 1. The molecule has 0 saturated heterocycles. The molecule has 0 bridgehead atoms. The minimum Gasteiger partial charge on any atom is -0.458 e. The Balaban J connectivity index is 2.03.